The van der Waals surface area contributed by atoms with Gasteiger partial charge in [0.15, 0.2) is 0 Å². The number of nitrogens with one attached hydrogen (secondary N) is 2. The molecule has 158 valence electrons. The first-order chi connectivity index (χ1) is 14.4. The molecule has 2 aromatic carbocycles. The van der Waals surface area contributed by atoms with Crippen molar-refractivity contribution in [2.24, 2.45) is 14.1 Å². The molecule has 2 amide bonds. The third kappa shape index (κ3) is 3.59. The van der Waals surface area contributed by atoms with Gasteiger partial charge < -0.3 is 20.3 Å². The summed E-state index contributed by atoms with van der Waals surface area (Å²) in [5.74, 6) is 0.509. The monoisotopic (exact) mass is 429 g/mol. The van der Waals surface area contributed by atoms with E-state index in [0.29, 0.717) is 22.1 Å². The molecule has 8 nitrogen and oxygen atoms in total. The zero-order chi connectivity index (χ0) is 21.4. The average Bonchev–Trinajstić information content (AvgIpc) is 3.32. The minimum Gasteiger partial charge on any atom is -0.495 e. The van der Waals surface area contributed by atoms with Crippen molar-refractivity contribution in [3.63, 3.8) is 0 Å². The standard InChI is InChI=1S/C21H24ClN5O3/c1-25-17-11-14(23-20(28)24-15-10-13(22)6-7-19(15)30-3)16(27-8-4-5-9-27)12-18(17)26(2)21(25)29/h6-7,10-12H,4-5,8-9H2,1-3H3,(H2,23,24,28). The molecule has 1 aliphatic rings. The van der Waals surface area contributed by atoms with Gasteiger partial charge in [-0.25, -0.2) is 9.59 Å². The molecule has 1 fully saturated rings. The lowest BCUT2D eigenvalue weighted by atomic mass is 10.2. The zero-order valence-electron chi connectivity index (χ0n) is 17.2. The second-order valence-corrected chi connectivity index (χ2v) is 7.81. The van der Waals surface area contributed by atoms with E-state index in [4.69, 9.17) is 16.3 Å². The van der Waals surface area contributed by atoms with Crippen LogP contribution in [0.15, 0.2) is 35.1 Å². The van der Waals surface area contributed by atoms with E-state index in [1.807, 2.05) is 12.1 Å². The van der Waals surface area contributed by atoms with E-state index >= 15 is 0 Å². The number of rotatable bonds is 4. The lowest BCUT2D eigenvalue weighted by molar-refractivity contribution is 0.262. The average molecular weight is 430 g/mol. The number of carbonyl (C=O) groups excluding carboxylic acids is 1. The van der Waals surface area contributed by atoms with Crippen LogP contribution in [0.1, 0.15) is 12.8 Å². The number of urea groups is 1. The summed E-state index contributed by atoms with van der Waals surface area (Å²) in [5.41, 5.74) is 3.48. The van der Waals surface area contributed by atoms with Crippen LogP contribution in [-0.2, 0) is 14.1 Å². The number of hydrogen-bond donors (Lipinski definition) is 2. The molecule has 0 aliphatic carbocycles. The van der Waals surface area contributed by atoms with Crippen LogP contribution in [0.5, 0.6) is 5.75 Å². The van der Waals surface area contributed by atoms with Crippen LogP contribution >= 0.6 is 11.6 Å². The number of amides is 2. The van der Waals surface area contributed by atoms with E-state index in [0.717, 1.165) is 42.7 Å². The zero-order valence-corrected chi connectivity index (χ0v) is 17.9. The van der Waals surface area contributed by atoms with Gasteiger partial charge in [-0.1, -0.05) is 11.6 Å². The van der Waals surface area contributed by atoms with Crippen LogP contribution in [0, 0.1) is 0 Å². The van der Waals surface area contributed by atoms with Gasteiger partial charge in [-0.3, -0.25) is 9.13 Å². The van der Waals surface area contributed by atoms with Gasteiger partial charge in [0.25, 0.3) is 0 Å². The van der Waals surface area contributed by atoms with Gasteiger partial charge in [0, 0.05) is 32.2 Å². The number of ether oxygens (including phenoxy) is 1. The molecular weight excluding hydrogens is 406 g/mol. The van der Waals surface area contributed by atoms with Crippen molar-refractivity contribution in [2.45, 2.75) is 12.8 Å². The number of aromatic nitrogens is 2. The highest BCUT2D eigenvalue weighted by molar-refractivity contribution is 6.31. The first-order valence-electron chi connectivity index (χ1n) is 9.75. The number of methoxy groups -OCH3 is 1. The van der Waals surface area contributed by atoms with Crippen LogP contribution < -0.4 is 26.0 Å². The Hall–Kier alpha value is -3.13. The number of fused-ring (bicyclic) bond motifs is 1. The summed E-state index contributed by atoms with van der Waals surface area (Å²) in [4.78, 5) is 27.4. The predicted molar refractivity (Wildman–Crippen MR) is 120 cm³/mol. The fraction of sp³-hybridized carbons (Fsp3) is 0.333. The molecule has 4 rings (SSSR count). The molecule has 2 N–H and O–H groups in total. The number of aryl methyl sites for hydroxylation is 2. The number of imidazole rings is 1. The van der Waals surface area contributed by atoms with Gasteiger partial charge >= 0.3 is 11.7 Å². The topological polar surface area (TPSA) is 80.5 Å². The molecule has 2 heterocycles. The Labute approximate surface area is 179 Å². The summed E-state index contributed by atoms with van der Waals surface area (Å²) in [6.07, 6.45) is 2.19. The van der Waals surface area contributed by atoms with Gasteiger partial charge in [-0.2, -0.15) is 0 Å². The Balaban J connectivity index is 1.71. The summed E-state index contributed by atoms with van der Waals surface area (Å²) < 4.78 is 8.49. The van der Waals surface area contributed by atoms with Crippen molar-refractivity contribution in [1.29, 1.82) is 0 Å². The van der Waals surface area contributed by atoms with Crippen molar-refractivity contribution in [3.05, 3.63) is 45.8 Å². The molecule has 1 aliphatic heterocycles. The first kappa shape index (κ1) is 20.2. The quantitative estimate of drug-likeness (QED) is 0.661. The second kappa shape index (κ2) is 7.95. The number of anilines is 3. The molecule has 9 heteroatoms. The van der Waals surface area contributed by atoms with Gasteiger partial charge in [0.05, 0.1) is 35.2 Å². The highest BCUT2D eigenvalue weighted by Gasteiger charge is 2.21. The Kier molecular flexibility index (Phi) is 5.34. The fourth-order valence-corrected chi connectivity index (χ4v) is 4.08. The molecule has 0 radical (unpaired) electrons. The lowest BCUT2D eigenvalue weighted by Crippen LogP contribution is -2.24. The summed E-state index contributed by atoms with van der Waals surface area (Å²) >= 11 is 6.06. The van der Waals surface area contributed by atoms with Crippen molar-refractivity contribution < 1.29 is 9.53 Å². The van der Waals surface area contributed by atoms with Crippen LogP contribution in [0.25, 0.3) is 11.0 Å². The summed E-state index contributed by atoms with van der Waals surface area (Å²) in [7, 11) is 5.01. The SMILES string of the molecule is COc1ccc(Cl)cc1NC(=O)Nc1cc2c(cc1N1CCCC1)n(C)c(=O)n2C. The Morgan fingerprint density at radius 2 is 1.63 bits per heavy atom. The van der Waals surface area contributed by atoms with Gasteiger partial charge in [-0.15, -0.1) is 0 Å². The largest absolute Gasteiger partial charge is 0.495 e. The van der Waals surface area contributed by atoms with Crippen molar-refractivity contribution in [1.82, 2.24) is 9.13 Å². The Bertz CT molecular complexity index is 1180. The van der Waals surface area contributed by atoms with Crippen molar-refractivity contribution in [2.75, 3.05) is 35.7 Å². The maximum Gasteiger partial charge on any atom is 0.328 e. The minimum atomic E-state index is -0.420. The predicted octanol–water partition coefficient (Wildman–Crippen LogP) is 3.78. The first-order valence-corrected chi connectivity index (χ1v) is 10.1. The number of hydrogen-bond acceptors (Lipinski definition) is 4. The minimum absolute atomic E-state index is 0.109. The maximum absolute atomic E-state index is 12.8. The third-order valence-corrected chi connectivity index (χ3v) is 5.73. The Morgan fingerprint density at radius 1 is 1.00 bits per heavy atom. The fourth-order valence-electron chi connectivity index (χ4n) is 3.91. The van der Waals surface area contributed by atoms with E-state index < -0.39 is 6.03 Å². The van der Waals surface area contributed by atoms with Crippen LogP contribution in [0.2, 0.25) is 5.02 Å². The summed E-state index contributed by atoms with van der Waals surface area (Å²) in [6, 6.07) is 8.41. The van der Waals surface area contributed by atoms with Gasteiger partial charge in [0.1, 0.15) is 5.75 Å². The molecule has 0 spiro atoms. The smallest absolute Gasteiger partial charge is 0.328 e. The van der Waals surface area contributed by atoms with E-state index in [-0.39, 0.29) is 5.69 Å². The van der Waals surface area contributed by atoms with E-state index in [1.54, 1.807) is 41.4 Å². The molecule has 1 aromatic heterocycles. The Morgan fingerprint density at radius 3 is 2.30 bits per heavy atom. The second-order valence-electron chi connectivity index (χ2n) is 7.38. The van der Waals surface area contributed by atoms with Crippen molar-refractivity contribution >= 4 is 45.7 Å². The number of benzene rings is 2. The molecule has 0 saturated carbocycles. The van der Waals surface area contributed by atoms with Crippen molar-refractivity contribution in [3.8, 4) is 5.75 Å². The van der Waals surface area contributed by atoms with E-state index in [1.165, 1.54) is 7.11 Å². The lowest BCUT2D eigenvalue weighted by Gasteiger charge is -2.22. The van der Waals surface area contributed by atoms with Gasteiger partial charge in [0.2, 0.25) is 0 Å². The molecule has 0 unspecified atom stereocenters. The normalized spacial score (nSPS) is 13.7. The van der Waals surface area contributed by atoms with E-state index in [2.05, 4.69) is 15.5 Å². The summed E-state index contributed by atoms with van der Waals surface area (Å²) in [6.45, 7) is 1.81. The summed E-state index contributed by atoms with van der Waals surface area (Å²) in [5, 5.41) is 6.23. The molecule has 0 atom stereocenters. The molecule has 0 bridgehead atoms. The highest BCUT2D eigenvalue weighted by atomic mass is 35.5. The van der Waals surface area contributed by atoms with Crippen LogP contribution in [0.4, 0.5) is 21.9 Å². The number of halogens is 1. The maximum atomic E-state index is 12.8. The molecule has 1 saturated heterocycles. The third-order valence-electron chi connectivity index (χ3n) is 5.49. The van der Waals surface area contributed by atoms with Crippen LogP contribution in [-0.4, -0.2) is 35.4 Å². The number of carbonyl (C=O) groups is 1. The molecular formula is C21H24ClN5O3. The number of nitrogens with zero attached hydrogens (tertiary/aromatic N) is 3. The van der Waals surface area contributed by atoms with Gasteiger partial charge in [-0.05, 0) is 43.2 Å². The molecule has 3 aromatic rings. The van der Waals surface area contributed by atoms with Crippen LogP contribution in [0.3, 0.4) is 0 Å². The van der Waals surface area contributed by atoms with E-state index in [9.17, 15) is 9.59 Å². The molecule has 30 heavy (non-hydrogen) atoms. The highest BCUT2D eigenvalue weighted by Crippen LogP contribution is 2.34.